The summed E-state index contributed by atoms with van der Waals surface area (Å²) < 4.78 is 34.7. The molecule has 1 saturated heterocycles. The van der Waals surface area contributed by atoms with Gasteiger partial charge in [0.05, 0.1) is 10.9 Å². The van der Waals surface area contributed by atoms with Gasteiger partial charge < -0.3 is 9.32 Å². The summed E-state index contributed by atoms with van der Waals surface area (Å²) in [5.41, 5.74) is 3.09. The molecule has 1 aliphatic heterocycles. The summed E-state index contributed by atoms with van der Waals surface area (Å²) in [5, 5.41) is 0.492. The Morgan fingerprint density at radius 2 is 1.32 bits per heavy atom. The van der Waals surface area contributed by atoms with Crippen molar-refractivity contribution in [2.75, 3.05) is 31.1 Å². The van der Waals surface area contributed by atoms with E-state index in [1.54, 1.807) is 48.5 Å². The van der Waals surface area contributed by atoms with E-state index >= 15 is 0 Å². The summed E-state index contributed by atoms with van der Waals surface area (Å²) in [4.78, 5) is 9.12. The Hall–Kier alpha value is -3.43. The minimum Gasteiger partial charge on any atom is -0.419 e. The van der Waals surface area contributed by atoms with E-state index in [1.165, 1.54) is 11.1 Å². The monoisotopic (exact) mass is 647 g/mol. The maximum absolute atomic E-state index is 13.9. The highest BCUT2D eigenvalue weighted by Crippen LogP contribution is 2.37. The van der Waals surface area contributed by atoms with E-state index in [4.69, 9.17) is 16.0 Å². The highest BCUT2D eigenvalue weighted by atomic mass is 79.9. The van der Waals surface area contributed by atoms with Crippen LogP contribution in [-0.4, -0.2) is 44.5 Å². The molecular weight excluding hydrogens is 622 g/mol. The summed E-state index contributed by atoms with van der Waals surface area (Å²) in [6, 6.07) is 34.6. The highest BCUT2D eigenvalue weighted by Gasteiger charge is 2.34. The Balaban J connectivity index is 1.34. The topological polar surface area (TPSA) is 66.7 Å². The number of sulfone groups is 1. The molecule has 208 valence electrons. The van der Waals surface area contributed by atoms with Gasteiger partial charge in [-0.3, -0.25) is 4.90 Å². The smallest absolute Gasteiger partial charge is 0.236 e. The van der Waals surface area contributed by atoms with Gasteiger partial charge >= 0.3 is 0 Å². The van der Waals surface area contributed by atoms with Crippen molar-refractivity contribution in [2.24, 2.45) is 0 Å². The van der Waals surface area contributed by atoms with Crippen LogP contribution in [0.4, 0.5) is 5.88 Å². The van der Waals surface area contributed by atoms with E-state index in [2.05, 4.69) is 74.3 Å². The second-order valence-corrected chi connectivity index (χ2v) is 13.1. The van der Waals surface area contributed by atoms with Gasteiger partial charge in [0, 0.05) is 41.2 Å². The first-order valence-electron chi connectivity index (χ1n) is 13.3. The number of anilines is 1. The molecule has 0 bridgehead atoms. The molecule has 9 heteroatoms. The van der Waals surface area contributed by atoms with E-state index in [0.717, 1.165) is 4.47 Å². The Bertz CT molecular complexity index is 1680. The summed E-state index contributed by atoms with van der Waals surface area (Å²) in [6.07, 6.45) is 0. The third-order valence-corrected chi connectivity index (χ3v) is 9.69. The summed E-state index contributed by atoms with van der Waals surface area (Å²) in [6.45, 7) is 2.58. The molecule has 6 nitrogen and oxygen atoms in total. The fourth-order valence-corrected chi connectivity index (χ4v) is 6.89. The number of rotatable bonds is 7. The van der Waals surface area contributed by atoms with Gasteiger partial charge in [0.15, 0.2) is 0 Å². The SMILES string of the molecule is O=S(=O)(c1ccc(Br)cc1)c1nc(-c2ccc(Cl)cc2)oc1N1CCN(C(c2ccccc2)c2ccccc2)CC1. The fraction of sp³-hybridized carbons (Fsp3) is 0.156. The predicted octanol–water partition coefficient (Wildman–Crippen LogP) is 7.50. The van der Waals surface area contributed by atoms with Crippen LogP contribution in [0.2, 0.25) is 5.02 Å². The van der Waals surface area contributed by atoms with E-state index < -0.39 is 9.84 Å². The number of nitrogens with zero attached hydrogens (tertiary/aromatic N) is 3. The van der Waals surface area contributed by atoms with Crippen molar-refractivity contribution in [2.45, 2.75) is 16.0 Å². The molecule has 0 atom stereocenters. The number of benzene rings is 4. The number of aromatic nitrogens is 1. The Morgan fingerprint density at radius 1 is 0.756 bits per heavy atom. The molecule has 0 spiro atoms. The average molecular weight is 649 g/mol. The standard InChI is InChI=1S/C32H27BrClN3O3S/c33-26-13-17-28(18-14-26)41(38,39)31-32(40-30(35-31)25-11-15-27(34)16-12-25)37-21-19-36(20-22-37)29(23-7-3-1-4-8-23)24-9-5-2-6-10-24/h1-18,29H,19-22H2. The minimum absolute atomic E-state index is 0.0825. The molecule has 0 amide bonds. The van der Waals surface area contributed by atoms with E-state index in [1.807, 2.05) is 17.0 Å². The van der Waals surface area contributed by atoms with Gasteiger partial charge in [0.1, 0.15) is 0 Å². The largest absolute Gasteiger partial charge is 0.419 e. The van der Waals surface area contributed by atoms with Crippen LogP contribution < -0.4 is 4.90 Å². The first kappa shape index (κ1) is 27.7. The molecule has 0 aliphatic carbocycles. The summed E-state index contributed by atoms with van der Waals surface area (Å²) in [7, 11) is -3.95. The summed E-state index contributed by atoms with van der Waals surface area (Å²) >= 11 is 9.47. The fourth-order valence-electron chi connectivity index (χ4n) is 5.18. The second kappa shape index (κ2) is 11.8. The second-order valence-electron chi connectivity index (χ2n) is 9.84. The molecule has 41 heavy (non-hydrogen) atoms. The van der Waals surface area contributed by atoms with Crippen molar-refractivity contribution in [1.82, 2.24) is 9.88 Å². The lowest BCUT2D eigenvalue weighted by Crippen LogP contribution is -2.48. The molecule has 1 aliphatic rings. The van der Waals surface area contributed by atoms with Crippen LogP contribution in [-0.2, 0) is 9.84 Å². The van der Waals surface area contributed by atoms with Crippen LogP contribution in [0, 0.1) is 0 Å². The van der Waals surface area contributed by atoms with Crippen LogP contribution in [0.25, 0.3) is 11.5 Å². The Morgan fingerprint density at radius 3 is 1.88 bits per heavy atom. The van der Waals surface area contributed by atoms with Crippen molar-refractivity contribution in [3.05, 3.63) is 130 Å². The van der Waals surface area contributed by atoms with Gasteiger partial charge in [-0.2, -0.15) is 4.98 Å². The van der Waals surface area contributed by atoms with Crippen molar-refractivity contribution >= 4 is 43.3 Å². The van der Waals surface area contributed by atoms with Crippen molar-refractivity contribution in [3.63, 3.8) is 0 Å². The van der Waals surface area contributed by atoms with Gasteiger partial charge in [-0.1, -0.05) is 88.2 Å². The van der Waals surface area contributed by atoms with Gasteiger partial charge in [-0.05, 0) is 59.7 Å². The van der Waals surface area contributed by atoms with Crippen molar-refractivity contribution in [3.8, 4) is 11.5 Å². The molecule has 0 saturated carbocycles. The number of halogens is 2. The minimum atomic E-state index is -3.95. The van der Waals surface area contributed by atoms with Gasteiger partial charge in [0.2, 0.25) is 26.6 Å². The molecule has 0 unspecified atom stereocenters. The third kappa shape index (κ3) is 5.83. The van der Waals surface area contributed by atoms with E-state index in [-0.39, 0.29) is 27.7 Å². The predicted molar refractivity (Wildman–Crippen MR) is 165 cm³/mol. The quantitative estimate of drug-likeness (QED) is 0.182. The highest BCUT2D eigenvalue weighted by molar-refractivity contribution is 9.10. The number of hydrogen-bond donors (Lipinski definition) is 0. The first-order valence-corrected chi connectivity index (χ1v) is 15.9. The normalized spacial score (nSPS) is 14.5. The van der Waals surface area contributed by atoms with Crippen LogP contribution in [0.3, 0.4) is 0 Å². The maximum Gasteiger partial charge on any atom is 0.236 e. The molecule has 0 radical (unpaired) electrons. The maximum atomic E-state index is 13.9. The van der Waals surface area contributed by atoms with E-state index in [0.29, 0.717) is 36.8 Å². The van der Waals surface area contributed by atoms with E-state index in [9.17, 15) is 8.42 Å². The lowest BCUT2D eigenvalue weighted by atomic mass is 9.96. The molecule has 1 fully saturated rings. The molecule has 5 aromatic rings. The Labute approximate surface area is 253 Å². The van der Waals surface area contributed by atoms with Gasteiger partial charge in [0.25, 0.3) is 0 Å². The molecule has 2 heterocycles. The average Bonchev–Trinajstić information content (AvgIpc) is 3.46. The zero-order valence-electron chi connectivity index (χ0n) is 22.0. The number of piperazine rings is 1. The van der Waals surface area contributed by atoms with Crippen molar-refractivity contribution in [1.29, 1.82) is 0 Å². The van der Waals surface area contributed by atoms with Crippen molar-refractivity contribution < 1.29 is 12.8 Å². The van der Waals surface area contributed by atoms with Crippen LogP contribution >= 0.6 is 27.5 Å². The number of hydrogen-bond acceptors (Lipinski definition) is 6. The van der Waals surface area contributed by atoms with Gasteiger partial charge in [-0.25, -0.2) is 8.42 Å². The number of oxazole rings is 1. The molecule has 1 aromatic heterocycles. The molecular formula is C32H27BrClN3O3S. The van der Waals surface area contributed by atoms with Crippen LogP contribution in [0.1, 0.15) is 17.2 Å². The van der Waals surface area contributed by atoms with Crippen LogP contribution in [0.15, 0.2) is 128 Å². The third-order valence-electron chi connectivity index (χ3n) is 7.25. The zero-order valence-corrected chi connectivity index (χ0v) is 25.2. The van der Waals surface area contributed by atoms with Crippen LogP contribution in [0.5, 0.6) is 0 Å². The molecule has 0 N–H and O–H groups in total. The lowest BCUT2D eigenvalue weighted by Gasteiger charge is -2.39. The Kier molecular flexibility index (Phi) is 7.99. The lowest BCUT2D eigenvalue weighted by molar-refractivity contribution is 0.209. The van der Waals surface area contributed by atoms with Gasteiger partial charge in [-0.15, -0.1) is 0 Å². The molecule has 6 rings (SSSR count). The first-order chi connectivity index (χ1) is 19.9. The summed E-state index contributed by atoms with van der Waals surface area (Å²) in [5.74, 6) is 0.495. The molecule has 4 aromatic carbocycles. The zero-order chi connectivity index (χ0) is 28.4.